The summed E-state index contributed by atoms with van der Waals surface area (Å²) in [6.45, 7) is 5.83. The normalized spacial score (nSPS) is 16.9. The van der Waals surface area contributed by atoms with Gasteiger partial charge in [-0.05, 0) is 13.3 Å². The molecule has 4 nitrogen and oxygen atoms in total. The van der Waals surface area contributed by atoms with Crippen molar-refractivity contribution in [2.24, 2.45) is 0 Å². The molecule has 1 unspecified atom stereocenters. The Hall–Kier alpha value is -1.32. The third-order valence-electron chi connectivity index (χ3n) is 4.94. The van der Waals surface area contributed by atoms with Gasteiger partial charge in [0.2, 0.25) is 11.5 Å². The number of Topliss-reactive ketones (excluding diaryl/α,β-unsaturated/α-hetero) is 1. The smallest absolute Gasteiger partial charge is 0.311 e. The summed E-state index contributed by atoms with van der Waals surface area (Å²) in [6, 6.07) is 0. The fraction of sp³-hybridized carbons (Fsp3) is 0.818. The first-order valence-corrected chi connectivity index (χ1v) is 10.7. The lowest BCUT2D eigenvalue weighted by atomic mass is 10.0. The highest BCUT2D eigenvalue weighted by Crippen LogP contribution is 2.25. The van der Waals surface area contributed by atoms with Gasteiger partial charge in [0.1, 0.15) is 5.76 Å². The molecule has 0 bridgehead atoms. The third kappa shape index (κ3) is 8.86. The van der Waals surface area contributed by atoms with Crippen molar-refractivity contribution in [1.82, 2.24) is 0 Å². The average Bonchev–Trinajstić information content (AvgIpc) is 2.90. The Morgan fingerprint density at radius 1 is 0.885 bits per heavy atom. The lowest BCUT2D eigenvalue weighted by Crippen LogP contribution is -2.16. The maximum Gasteiger partial charge on any atom is 0.311 e. The Balaban J connectivity index is 2.00. The van der Waals surface area contributed by atoms with E-state index in [4.69, 9.17) is 9.47 Å². The second-order valence-electron chi connectivity index (χ2n) is 7.34. The predicted octanol–water partition coefficient (Wildman–Crippen LogP) is 6.23. The van der Waals surface area contributed by atoms with Crippen LogP contribution in [0, 0.1) is 0 Å². The summed E-state index contributed by atoms with van der Waals surface area (Å²) in [5.74, 6) is 0.100. The van der Waals surface area contributed by atoms with E-state index < -0.39 is 6.10 Å². The number of hydrogen-bond donors (Lipinski definition) is 0. The van der Waals surface area contributed by atoms with Gasteiger partial charge >= 0.3 is 5.97 Å². The topological polar surface area (TPSA) is 52.6 Å². The Kier molecular flexibility index (Phi) is 12.1. The van der Waals surface area contributed by atoms with Gasteiger partial charge in [-0.3, -0.25) is 9.59 Å². The summed E-state index contributed by atoms with van der Waals surface area (Å²) in [5.41, 5.74) is 0. The first kappa shape index (κ1) is 22.7. The number of unbranched alkanes of at least 4 members (excludes halogenated alkanes) is 11. The van der Waals surface area contributed by atoms with Crippen LogP contribution < -0.4 is 0 Å². The molecule has 1 aliphatic heterocycles. The van der Waals surface area contributed by atoms with Gasteiger partial charge in [-0.1, -0.05) is 84.5 Å². The van der Waals surface area contributed by atoms with Gasteiger partial charge in [0.25, 0.3) is 0 Å². The molecule has 0 fully saturated rings. The first-order valence-electron chi connectivity index (χ1n) is 10.7. The molecule has 1 aliphatic rings. The van der Waals surface area contributed by atoms with Gasteiger partial charge in [-0.15, -0.1) is 0 Å². The second kappa shape index (κ2) is 13.8. The Morgan fingerprint density at radius 3 is 1.88 bits per heavy atom. The van der Waals surface area contributed by atoms with Crippen molar-refractivity contribution in [2.75, 3.05) is 0 Å². The van der Waals surface area contributed by atoms with Crippen LogP contribution in [0.4, 0.5) is 0 Å². The summed E-state index contributed by atoms with van der Waals surface area (Å²) in [7, 11) is 0. The van der Waals surface area contributed by atoms with Crippen molar-refractivity contribution in [2.45, 2.75) is 117 Å². The van der Waals surface area contributed by atoms with Crippen molar-refractivity contribution in [1.29, 1.82) is 0 Å². The zero-order valence-electron chi connectivity index (χ0n) is 17.1. The highest BCUT2D eigenvalue weighted by Gasteiger charge is 2.33. The number of rotatable bonds is 15. The summed E-state index contributed by atoms with van der Waals surface area (Å²) in [6.07, 6.45) is 15.5. The molecule has 0 radical (unpaired) electrons. The lowest BCUT2D eigenvalue weighted by molar-refractivity contribution is -0.142. The summed E-state index contributed by atoms with van der Waals surface area (Å²) < 4.78 is 10.7. The molecule has 1 atom stereocenters. The van der Waals surface area contributed by atoms with E-state index in [9.17, 15) is 9.59 Å². The van der Waals surface area contributed by atoms with Crippen LogP contribution >= 0.6 is 0 Å². The van der Waals surface area contributed by atoms with Crippen molar-refractivity contribution in [3.63, 3.8) is 0 Å². The predicted molar refractivity (Wildman–Crippen MR) is 105 cm³/mol. The molecule has 0 aliphatic carbocycles. The molecule has 4 heteroatoms. The van der Waals surface area contributed by atoms with Crippen LogP contribution in [0.2, 0.25) is 0 Å². The molecule has 0 amide bonds. The maximum absolute atomic E-state index is 11.9. The quantitative estimate of drug-likeness (QED) is 0.255. The van der Waals surface area contributed by atoms with E-state index in [2.05, 4.69) is 6.92 Å². The number of allylic oxidation sites excluding steroid dienone is 1. The van der Waals surface area contributed by atoms with Crippen molar-refractivity contribution >= 4 is 11.8 Å². The minimum Gasteiger partial charge on any atom is -0.483 e. The molecule has 0 N–H and O–H groups in total. The van der Waals surface area contributed by atoms with Gasteiger partial charge in [0.15, 0.2) is 6.10 Å². The lowest BCUT2D eigenvalue weighted by Gasteiger charge is -2.05. The van der Waals surface area contributed by atoms with E-state index in [0.717, 1.165) is 12.8 Å². The molecule has 1 heterocycles. The zero-order chi connectivity index (χ0) is 19.2. The molecule has 0 aromatic rings. The SMILES string of the molecule is CCCCCCCCCCCCCCC(=O)OC1=C(CC)OC(C)C1=O. The number of ether oxygens (including phenoxy) is 2. The van der Waals surface area contributed by atoms with Crippen LogP contribution in [0.3, 0.4) is 0 Å². The number of ketones is 1. The minimum absolute atomic E-state index is 0.129. The van der Waals surface area contributed by atoms with Gasteiger partial charge < -0.3 is 9.47 Å². The number of carbonyl (C=O) groups excluding carboxylic acids is 2. The van der Waals surface area contributed by atoms with E-state index in [1.807, 2.05) is 6.92 Å². The third-order valence-corrected chi connectivity index (χ3v) is 4.94. The number of carbonyl (C=O) groups is 2. The summed E-state index contributed by atoms with van der Waals surface area (Å²) in [4.78, 5) is 23.9. The molecule has 0 saturated heterocycles. The fourth-order valence-corrected chi connectivity index (χ4v) is 3.27. The largest absolute Gasteiger partial charge is 0.483 e. The highest BCUT2D eigenvalue weighted by atomic mass is 16.6. The molecule has 0 saturated carbocycles. The van der Waals surface area contributed by atoms with E-state index in [1.54, 1.807) is 6.92 Å². The van der Waals surface area contributed by atoms with Crippen molar-refractivity contribution in [3.05, 3.63) is 11.5 Å². The fourth-order valence-electron chi connectivity index (χ4n) is 3.27. The zero-order valence-corrected chi connectivity index (χ0v) is 17.1. The standard InChI is InChI=1S/C22H38O4/c1-4-6-7-8-9-10-11-12-13-14-15-16-17-20(23)26-22-19(5-2)25-18(3)21(22)24/h18H,4-17H2,1-3H3. The van der Waals surface area contributed by atoms with Crippen LogP contribution in [0.5, 0.6) is 0 Å². The Bertz CT molecular complexity index is 453. The summed E-state index contributed by atoms with van der Waals surface area (Å²) >= 11 is 0. The molecule has 0 aromatic heterocycles. The number of hydrogen-bond acceptors (Lipinski definition) is 4. The molecular weight excluding hydrogens is 328 g/mol. The monoisotopic (exact) mass is 366 g/mol. The number of esters is 1. The molecule has 0 spiro atoms. The molecule has 150 valence electrons. The molecule has 0 aromatic carbocycles. The minimum atomic E-state index is -0.528. The average molecular weight is 367 g/mol. The van der Waals surface area contributed by atoms with Gasteiger partial charge in [0, 0.05) is 12.8 Å². The van der Waals surface area contributed by atoms with E-state index in [0.29, 0.717) is 18.6 Å². The van der Waals surface area contributed by atoms with Gasteiger partial charge in [-0.25, -0.2) is 0 Å². The van der Waals surface area contributed by atoms with Crippen LogP contribution in [0.25, 0.3) is 0 Å². The van der Waals surface area contributed by atoms with Gasteiger partial charge in [0.05, 0.1) is 0 Å². The Labute approximate surface area is 159 Å². The Morgan fingerprint density at radius 2 is 1.38 bits per heavy atom. The van der Waals surface area contributed by atoms with Crippen molar-refractivity contribution in [3.8, 4) is 0 Å². The summed E-state index contributed by atoms with van der Waals surface area (Å²) in [5, 5.41) is 0. The second-order valence-corrected chi connectivity index (χ2v) is 7.34. The van der Waals surface area contributed by atoms with E-state index in [1.165, 1.54) is 64.2 Å². The highest BCUT2D eigenvalue weighted by molar-refractivity contribution is 6.00. The first-order chi connectivity index (χ1) is 12.6. The van der Waals surface area contributed by atoms with E-state index >= 15 is 0 Å². The van der Waals surface area contributed by atoms with Crippen LogP contribution in [-0.4, -0.2) is 17.9 Å². The van der Waals surface area contributed by atoms with E-state index in [-0.39, 0.29) is 17.5 Å². The van der Waals surface area contributed by atoms with Gasteiger partial charge in [-0.2, -0.15) is 0 Å². The molecule has 1 rings (SSSR count). The van der Waals surface area contributed by atoms with Crippen molar-refractivity contribution < 1.29 is 19.1 Å². The maximum atomic E-state index is 11.9. The van der Waals surface area contributed by atoms with Crippen LogP contribution in [0.1, 0.15) is 111 Å². The molecular formula is C22H38O4. The molecule has 26 heavy (non-hydrogen) atoms. The van der Waals surface area contributed by atoms with Crippen LogP contribution in [0.15, 0.2) is 11.5 Å². The van der Waals surface area contributed by atoms with Crippen LogP contribution in [-0.2, 0) is 19.1 Å².